The van der Waals surface area contributed by atoms with Crippen molar-refractivity contribution in [3.05, 3.63) is 0 Å². The van der Waals surface area contributed by atoms with E-state index in [0.717, 1.165) is 38.9 Å². The molecule has 0 aromatic rings. The van der Waals surface area contributed by atoms with Crippen molar-refractivity contribution in [2.24, 2.45) is 5.41 Å². The number of methoxy groups -OCH3 is 1. The summed E-state index contributed by atoms with van der Waals surface area (Å²) in [5, 5.41) is 0. The Balaban J connectivity index is 2.48. The van der Waals surface area contributed by atoms with Gasteiger partial charge in [0.05, 0.1) is 19.3 Å². The summed E-state index contributed by atoms with van der Waals surface area (Å²) in [7, 11) is -0.231. The molecule has 0 bridgehead atoms. The molecule has 1 aliphatic heterocycles. The number of hydrogen-bond donors (Lipinski definition) is 0. The van der Waals surface area contributed by atoms with Crippen LogP contribution in [0.15, 0.2) is 0 Å². The van der Waals surface area contributed by atoms with E-state index < -0.39 is 8.56 Å². The van der Waals surface area contributed by atoms with Gasteiger partial charge in [-0.15, -0.1) is 0 Å². The maximum absolute atomic E-state index is 5.86. The summed E-state index contributed by atoms with van der Waals surface area (Å²) in [5.74, 6) is 0. The molecule has 0 aliphatic carbocycles. The molecule has 0 aromatic heterocycles. The second kappa shape index (κ2) is 7.00. The molecule has 4 nitrogen and oxygen atoms in total. The minimum atomic E-state index is -2.02. The van der Waals surface area contributed by atoms with Gasteiger partial charge in [-0.1, -0.05) is 6.92 Å². The second-order valence-corrected chi connectivity index (χ2v) is 8.75. The Morgan fingerprint density at radius 1 is 1.22 bits per heavy atom. The van der Waals surface area contributed by atoms with Gasteiger partial charge in [-0.05, 0) is 32.9 Å². The molecule has 0 spiro atoms. The Bertz CT molecular complexity index is 237. The third kappa shape index (κ3) is 4.03. The van der Waals surface area contributed by atoms with Crippen LogP contribution in [-0.4, -0.2) is 48.2 Å². The first kappa shape index (κ1) is 16.1. The summed E-state index contributed by atoms with van der Waals surface area (Å²) < 4.78 is 22.7. The van der Waals surface area contributed by atoms with Crippen molar-refractivity contribution in [2.75, 3.05) is 33.5 Å². The van der Waals surface area contributed by atoms with E-state index in [9.17, 15) is 0 Å². The van der Waals surface area contributed by atoms with Gasteiger partial charge in [0, 0.05) is 25.7 Å². The lowest BCUT2D eigenvalue weighted by atomic mass is 9.81. The van der Waals surface area contributed by atoms with Gasteiger partial charge in [-0.3, -0.25) is 0 Å². The molecule has 0 aromatic carbocycles. The third-order valence-corrected chi connectivity index (χ3v) is 6.68. The van der Waals surface area contributed by atoms with Crippen molar-refractivity contribution >= 4 is 8.56 Å². The van der Waals surface area contributed by atoms with E-state index in [-0.39, 0.29) is 11.5 Å². The maximum Gasteiger partial charge on any atom is 0.335 e. The molecule has 5 heteroatoms. The minimum absolute atomic E-state index is 0.169. The quantitative estimate of drug-likeness (QED) is 0.607. The summed E-state index contributed by atoms with van der Waals surface area (Å²) >= 11 is 0. The van der Waals surface area contributed by atoms with Crippen molar-refractivity contribution in [2.45, 2.75) is 45.9 Å². The zero-order valence-electron chi connectivity index (χ0n) is 12.5. The van der Waals surface area contributed by atoms with Crippen LogP contribution in [0.1, 0.15) is 27.2 Å². The first-order chi connectivity index (χ1) is 8.49. The summed E-state index contributed by atoms with van der Waals surface area (Å²) in [5.41, 5.74) is 0.169. The van der Waals surface area contributed by atoms with Crippen molar-refractivity contribution in [1.29, 1.82) is 0 Å². The first-order valence-corrected chi connectivity index (χ1v) is 9.40. The Morgan fingerprint density at radius 2 is 1.78 bits per heavy atom. The maximum atomic E-state index is 5.86. The van der Waals surface area contributed by atoms with Gasteiger partial charge in [0.1, 0.15) is 0 Å². The Labute approximate surface area is 112 Å². The summed E-state index contributed by atoms with van der Waals surface area (Å²) in [6.07, 6.45) is 1.22. The van der Waals surface area contributed by atoms with Gasteiger partial charge in [-0.25, -0.2) is 0 Å². The molecule has 18 heavy (non-hydrogen) atoms. The Hall–Kier alpha value is 0.0569. The topological polar surface area (TPSA) is 36.9 Å². The minimum Gasteiger partial charge on any atom is -0.395 e. The first-order valence-electron chi connectivity index (χ1n) is 6.88. The molecule has 108 valence electrons. The predicted molar refractivity (Wildman–Crippen MR) is 74.0 cm³/mol. The molecular formula is C13H28O4Si. The van der Waals surface area contributed by atoms with E-state index in [0.29, 0.717) is 0 Å². The molecule has 1 aliphatic rings. The lowest BCUT2D eigenvalue weighted by Gasteiger charge is -2.44. The van der Waals surface area contributed by atoms with E-state index >= 15 is 0 Å². The molecule has 1 atom stereocenters. The smallest absolute Gasteiger partial charge is 0.335 e. The molecule has 1 heterocycles. The Kier molecular flexibility index (Phi) is 6.27. The van der Waals surface area contributed by atoms with Gasteiger partial charge < -0.3 is 18.3 Å². The fourth-order valence-corrected chi connectivity index (χ4v) is 4.93. The number of rotatable bonds is 9. The van der Waals surface area contributed by atoms with E-state index in [1.807, 2.05) is 13.8 Å². The van der Waals surface area contributed by atoms with Crippen LogP contribution in [0.3, 0.4) is 0 Å². The van der Waals surface area contributed by atoms with Gasteiger partial charge in [0.15, 0.2) is 0 Å². The fourth-order valence-electron chi connectivity index (χ4n) is 2.55. The highest BCUT2D eigenvalue weighted by Crippen LogP contribution is 2.36. The molecule has 0 radical (unpaired) electrons. The summed E-state index contributed by atoms with van der Waals surface area (Å²) in [6.45, 7) is 11.5. The van der Waals surface area contributed by atoms with Crippen LogP contribution in [0.2, 0.25) is 12.6 Å². The molecule has 1 unspecified atom stereocenters. The van der Waals surface area contributed by atoms with Gasteiger partial charge in [0.25, 0.3) is 0 Å². The van der Waals surface area contributed by atoms with Crippen LogP contribution in [0.5, 0.6) is 0 Å². The van der Waals surface area contributed by atoms with Crippen molar-refractivity contribution < 1.29 is 18.3 Å². The van der Waals surface area contributed by atoms with Crippen LogP contribution < -0.4 is 0 Å². The highest BCUT2D eigenvalue weighted by atomic mass is 28.4. The summed E-state index contributed by atoms with van der Waals surface area (Å²) in [4.78, 5) is 0. The standard InChI is InChI=1S/C13H28O4Si/c1-6-16-18(5,17-7-2)9-8-12(14-4)13(3)10-15-11-13/h12H,6-11H2,1-5H3. The van der Waals surface area contributed by atoms with E-state index in [2.05, 4.69) is 13.5 Å². The zero-order chi connectivity index (χ0) is 13.6. The Morgan fingerprint density at radius 3 is 2.11 bits per heavy atom. The molecule has 1 saturated heterocycles. The van der Waals surface area contributed by atoms with Crippen molar-refractivity contribution in [3.63, 3.8) is 0 Å². The molecule has 0 saturated carbocycles. The molecular weight excluding hydrogens is 248 g/mol. The highest BCUT2D eigenvalue weighted by molar-refractivity contribution is 6.66. The second-order valence-electron chi connectivity index (χ2n) is 5.41. The van der Waals surface area contributed by atoms with Gasteiger partial charge in [0.2, 0.25) is 0 Å². The monoisotopic (exact) mass is 276 g/mol. The average Bonchev–Trinajstić information content (AvgIpc) is 2.28. The average molecular weight is 276 g/mol. The van der Waals surface area contributed by atoms with Crippen molar-refractivity contribution in [3.8, 4) is 0 Å². The zero-order valence-corrected chi connectivity index (χ0v) is 13.5. The van der Waals surface area contributed by atoms with E-state index in [1.54, 1.807) is 7.11 Å². The number of ether oxygens (including phenoxy) is 2. The van der Waals surface area contributed by atoms with Crippen LogP contribution in [0.25, 0.3) is 0 Å². The highest BCUT2D eigenvalue weighted by Gasteiger charge is 2.43. The van der Waals surface area contributed by atoms with Crippen molar-refractivity contribution in [1.82, 2.24) is 0 Å². The van der Waals surface area contributed by atoms with Gasteiger partial charge in [-0.2, -0.15) is 0 Å². The van der Waals surface area contributed by atoms with Crippen LogP contribution in [0, 0.1) is 5.41 Å². The van der Waals surface area contributed by atoms with Crippen LogP contribution in [-0.2, 0) is 18.3 Å². The molecule has 0 amide bonds. The number of hydrogen-bond acceptors (Lipinski definition) is 4. The van der Waals surface area contributed by atoms with Gasteiger partial charge >= 0.3 is 8.56 Å². The largest absolute Gasteiger partial charge is 0.395 e. The normalized spacial score (nSPS) is 20.5. The lowest BCUT2D eigenvalue weighted by molar-refractivity contribution is -0.170. The van der Waals surface area contributed by atoms with Crippen LogP contribution in [0.4, 0.5) is 0 Å². The third-order valence-electron chi connectivity index (χ3n) is 3.69. The summed E-state index contributed by atoms with van der Waals surface area (Å²) in [6, 6.07) is 0.975. The van der Waals surface area contributed by atoms with E-state index in [4.69, 9.17) is 18.3 Å². The molecule has 0 N–H and O–H groups in total. The SMILES string of the molecule is CCO[Si](C)(CCC(OC)C1(C)COC1)OCC. The van der Waals surface area contributed by atoms with E-state index in [1.165, 1.54) is 0 Å². The predicted octanol–water partition coefficient (Wildman–Crippen LogP) is 2.57. The fraction of sp³-hybridized carbons (Fsp3) is 1.00. The van der Waals surface area contributed by atoms with Crippen LogP contribution >= 0.6 is 0 Å². The molecule has 1 fully saturated rings. The molecule has 1 rings (SSSR count). The lowest BCUT2D eigenvalue weighted by Crippen LogP contribution is -2.51.